The lowest BCUT2D eigenvalue weighted by atomic mass is 10.2. The molecule has 7 heteroatoms. The highest BCUT2D eigenvalue weighted by Crippen LogP contribution is 2.16. The molecule has 1 rings (SSSR count). The highest BCUT2D eigenvalue weighted by atomic mass is 16.5. The molecular weight excluding hydrogens is 248 g/mol. The second kappa shape index (κ2) is 7.20. The van der Waals surface area contributed by atoms with Gasteiger partial charge < -0.3 is 21.1 Å². The van der Waals surface area contributed by atoms with Crippen molar-refractivity contribution in [3.05, 3.63) is 17.8 Å². The van der Waals surface area contributed by atoms with Crippen molar-refractivity contribution in [3.8, 4) is 0 Å². The molecule has 0 aliphatic rings. The van der Waals surface area contributed by atoms with Crippen LogP contribution in [0, 0.1) is 0 Å². The molecule has 7 nitrogen and oxygen atoms in total. The summed E-state index contributed by atoms with van der Waals surface area (Å²) >= 11 is 0. The summed E-state index contributed by atoms with van der Waals surface area (Å²) in [5.41, 5.74) is 6.24. The Morgan fingerprint density at radius 1 is 1.47 bits per heavy atom. The monoisotopic (exact) mass is 266 g/mol. The van der Waals surface area contributed by atoms with E-state index in [2.05, 4.69) is 15.6 Å². The molecule has 1 aromatic heterocycles. The van der Waals surface area contributed by atoms with E-state index in [1.54, 1.807) is 14.0 Å². The predicted molar refractivity (Wildman–Crippen MR) is 71.8 cm³/mol. The van der Waals surface area contributed by atoms with Crippen molar-refractivity contribution in [1.29, 1.82) is 0 Å². The number of esters is 1. The molecule has 4 N–H and O–H groups in total. The Morgan fingerprint density at radius 2 is 2.21 bits per heavy atom. The summed E-state index contributed by atoms with van der Waals surface area (Å²) in [5.74, 6) is -0.234. The molecule has 1 heterocycles. The molecule has 0 fully saturated rings. The first-order valence-corrected chi connectivity index (χ1v) is 5.95. The van der Waals surface area contributed by atoms with Gasteiger partial charge in [0.2, 0.25) is 5.91 Å². The zero-order valence-electron chi connectivity index (χ0n) is 11.0. The van der Waals surface area contributed by atoms with Gasteiger partial charge in [-0.25, -0.2) is 9.78 Å². The maximum absolute atomic E-state index is 11.7. The van der Waals surface area contributed by atoms with Gasteiger partial charge in [0.15, 0.2) is 0 Å². The maximum atomic E-state index is 11.7. The van der Waals surface area contributed by atoms with Crippen LogP contribution in [0.15, 0.2) is 12.3 Å². The highest BCUT2D eigenvalue weighted by molar-refractivity contribution is 5.95. The van der Waals surface area contributed by atoms with Gasteiger partial charge in [0.05, 0.1) is 18.5 Å². The maximum Gasteiger partial charge on any atom is 0.341 e. The molecule has 1 amide bonds. The second-order valence-corrected chi connectivity index (χ2v) is 3.74. The summed E-state index contributed by atoms with van der Waals surface area (Å²) in [6.45, 7) is 2.35. The molecule has 0 aliphatic heterocycles. The van der Waals surface area contributed by atoms with E-state index in [0.717, 1.165) is 0 Å². The number of nitrogens with two attached hydrogens (primary N) is 1. The molecule has 0 atom stereocenters. The molecule has 0 radical (unpaired) electrons. The Labute approximate surface area is 111 Å². The van der Waals surface area contributed by atoms with Crippen LogP contribution in [0.3, 0.4) is 0 Å². The standard InChI is InChI=1S/C12H18N4O3/c1-3-19-12(18)9-6-8(13)7-16-11(9)15-5-4-10(17)14-2/h6-7H,3-5,13H2,1-2H3,(H,14,17)(H,15,16). The number of anilines is 2. The van der Waals surface area contributed by atoms with Gasteiger partial charge in [-0.15, -0.1) is 0 Å². The summed E-state index contributed by atoms with van der Waals surface area (Å²) in [7, 11) is 1.56. The number of nitrogen functional groups attached to an aromatic ring is 1. The first kappa shape index (κ1) is 14.7. The molecule has 0 aromatic carbocycles. The van der Waals surface area contributed by atoms with Crippen LogP contribution in [0.4, 0.5) is 11.5 Å². The third-order valence-corrected chi connectivity index (χ3v) is 2.33. The molecular formula is C12H18N4O3. The number of aromatic nitrogens is 1. The third kappa shape index (κ3) is 4.46. The molecule has 1 aromatic rings. The van der Waals surface area contributed by atoms with E-state index >= 15 is 0 Å². The zero-order valence-corrected chi connectivity index (χ0v) is 11.0. The number of hydrogen-bond acceptors (Lipinski definition) is 6. The van der Waals surface area contributed by atoms with Crippen molar-refractivity contribution in [2.75, 3.05) is 31.2 Å². The van der Waals surface area contributed by atoms with Crippen LogP contribution in [-0.2, 0) is 9.53 Å². The summed E-state index contributed by atoms with van der Waals surface area (Å²) in [6.07, 6.45) is 1.72. The van der Waals surface area contributed by atoms with Gasteiger partial charge in [-0.05, 0) is 13.0 Å². The topological polar surface area (TPSA) is 106 Å². The summed E-state index contributed by atoms with van der Waals surface area (Å²) in [6, 6.07) is 1.49. The van der Waals surface area contributed by atoms with E-state index < -0.39 is 5.97 Å². The Balaban J connectivity index is 2.76. The van der Waals surface area contributed by atoms with Gasteiger partial charge in [-0.2, -0.15) is 0 Å². The Bertz CT molecular complexity index is 462. The van der Waals surface area contributed by atoms with E-state index in [4.69, 9.17) is 10.5 Å². The number of amides is 1. The van der Waals surface area contributed by atoms with Crippen LogP contribution in [0.2, 0.25) is 0 Å². The Morgan fingerprint density at radius 3 is 2.84 bits per heavy atom. The molecule has 0 saturated carbocycles. The summed E-state index contributed by atoms with van der Waals surface area (Å²) in [4.78, 5) is 26.9. The van der Waals surface area contributed by atoms with Crippen LogP contribution < -0.4 is 16.4 Å². The number of carbonyl (C=O) groups is 2. The van der Waals surface area contributed by atoms with Gasteiger partial charge in [0, 0.05) is 20.0 Å². The number of pyridine rings is 1. The van der Waals surface area contributed by atoms with Crippen molar-refractivity contribution in [2.45, 2.75) is 13.3 Å². The average molecular weight is 266 g/mol. The van der Waals surface area contributed by atoms with Gasteiger partial charge in [-0.3, -0.25) is 4.79 Å². The van der Waals surface area contributed by atoms with E-state index in [1.807, 2.05) is 0 Å². The van der Waals surface area contributed by atoms with E-state index in [0.29, 0.717) is 18.1 Å². The van der Waals surface area contributed by atoms with Crippen molar-refractivity contribution < 1.29 is 14.3 Å². The quantitative estimate of drug-likeness (QED) is 0.643. The SMILES string of the molecule is CCOC(=O)c1cc(N)cnc1NCCC(=O)NC. The molecule has 0 saturated heterocycles. The molecule has 0 spiro atoms. The van der Waals surface area contributed by atoms with Crippen molar-refractivity contribution in [3.63, 3.8) is 0 Å². The van der Waals surface area contributed by atoms with E-state index in [9.17, 15) is 9.59 Å². The minimum Gasteiger partial charge on any atom is -0.462 e. The molecule has 19 heavy (non-hydrogen) atoms. The predicted octanol–water partition coefficient (Wildman–Crippen LogP) is 0.388. The smallest absolute Gasteiger partial charge is 0.341 e. The Hall–Kier alpha value is -2.31. The lowest BCUT2D eigenvalue weighted by molar-refractivity contribution is -0.120. The number of rotatable bonds is 6. The number of ether oxygens (including phenoxy) is 1. The first-order valence-electron chi connectivity index (χ1n) is 5.95. The largest absolute Gasteiger partial charge is 0.462 e. The number of hydrogen-bond donors (Lipinski definition) is 3. The van der Waals surface area contributed by atoms with Gasteiger partial charge in [0.1, 0.15) is 11.4 Å². The molecule has 0 unspecified atom stereocenters. The third-order valence-electron chi connectivity index (χ3n) is 2.33. The van der Waals surface area contributed by atoms with E-state index in [1.165, 1.54) is 12.3 Å². The van der Waals surface area contributed by atoms with Crippen LogP contribution >= 0.6 is 0 Å². The number of nitrogens with one attached hydrogen (secondary N) is 2. The van der Waals surface area contributed by atoms with Crippen LogP contribution in [0.1, 0.15) is 23.7 Å². The van der Waals surface area contributed by atoms with Crippen molar-refractivity contribution in [2.24, 2.45) is 0 Å². The number of carbonyl (C=O) groups excluding carboxylic acids is 2. The van der Waals surface area contributed by atoms with Gasteiger partial charge >= 0.3 is 5.97 Å². The molecule has 104 valence electrons. The second-order valence-electron chi connectivity index (χ2n) is 3.74. The minimum atomic E-state index is -0.496. The highest BCUT2D eigenvalue weighted by Gasteiger charge is 2.14. The molecule has 0 bridgehead atoms. The minimum absolute atomic E-state index is 0.0966. The zero-order chi connectivity index (χ0) is 14.3. The fourth-order valence-corrected chi connectivity index (χ4v) is 1.41. The molecule has 0 aliphatic carbocycles. The van der Waals surface area contributed by atoms with Gasteiger partial charge in [-0.1, -0.05) is 0 Å². The van der Waals surface area contributed by atoms with Gasteiger partial charge in [0.25, 0.3) is 0 Å². The van der Waals surface area contributed by atoms with Crippen molar-refractivity contribution in [1.82, 2.24) is 10.3 Å². The van der Waals surface area contributed by atoms with Crippen LogP contribution in [-0.4, -0.2) is 37.1 Å². The lowest BCUT2D eigenvalue weighted by Crippen LogP contribution is -2.21. The fraction of sp³-hybridized carbons (Fsp3) is 0.417. The van der Waals surface area contributed by atoms with Crippen LogP contribution in [0.25, 0.3) is 0 Å². The first-order chi connectivity index (χ1) is 9.08. The van der Waals surface area contributed by atoms with Crippen molar-refractivity contribution >= 4 is 23.4 Å². The average Bonchev–Trinajstić information content (AvgIpc) is 2.40. The summed E-state index contributed by atoms with van der Waals surface area (Å²) in [5, 5.41) is 5.42. The van der Waals surface area contributed by atoms with E-state index in [-0.39, 0.29) is 24.5 Å². The van der Waals surface area contributed by atoms with Crippen LogP contribution in [0.5, 0.6) is 0 Å². The fourth-order valence-electron chi connectivity index (χ4n) is 1.41. The normalized spacial score (nSPS) is 9.79. The lowest BCUT2D eigenvalue weighted by Gasteiger charge is -2.10. The summed E-state index contributed by atoms with van der Waals surface area (Å²) < 4.78 is 4.92. The number of nitrogens with zero attached hydrogens (tertiary/aromatic N) is 1. The Kier molecular flexibility index (Phi) is 5.59.